The molecule has 0 atom stereocenters. The van der Waals surface area contributed by atoms with Crippen LogP contribution in [0, 0.1) is 0 Å². The summed E-state index contributed by atoms with van der Waals surface area (Å²) in [4.78, 5) is 4.33. The fourth-order valence-corrected chi connectivity index (χ4v) is 1.85. The maximum atomic E-state index is 5.14. The van der Waals surface area contributed by atoms with Gasteiger partial charge in [0.15, 0.2) is 0 Å². The molecule has 0 unspecified atom stereocenters. The van der Waals surface area contributed by atoms with E-state index in [1.165, 1.54) is 5.56 Å². The summed E-state index contributed by atoms with van der Waals surface area (Å²) in [6.07, 6.45) is 4.97. The van der Waals surface area contributed by atoms with Crippen molar-refractivity contribution in [3.63, 3.8) is 0 Å². The Hall–Kier alpha value is -1.81. The van der Waals surface area contributed by atoms with Crippen molar-refractivity contribution < 1.29 is 4.74 Å². The quantitative estimate of drug-likeness (QED) is 0.844. The minimum atomic E-state index is 0.815. The highest BCUT2D eigenvalue weighted by Gasteiger charge is 1.99. The van der Waals surface area contributed by atoms with E-state index < -0.39 is 0 Å². The van der Waals surface area contributed by atoms with Gasteiger partial charge < -0.3 is 14.6 Å². The number of aromatic nitrogens is 2. The van der Waals surface area contributed by atoms with Crippen LogP contribution in [0.25, 0.3) is 0 Å². The predicted molar refractivity (Wildman–Crippen MR) is 71.7 cm³/mol. The van der Waals surface area contributed by atoms with Gasteiger partial charge in [0.05, 0.1) is 19.1 Å². The van der Waals surface area contributed by atoms with Crippen LogP contribution in [0.3, 0.4) is 0 Å². The van der Waals surface area contributed by atoms with E-state index in [2.05, 4.69) is 33.2 Å². The van der Waals surface area contributed by atoms with E-state index in [4.69, 9.17) is 4.74 Å². The number of nitrogens with zero attached hydrogens (tertiary/aromatic N) is 2. The monoisotopic (exact) mass is 245 g/mol. The number of benzene rings is 1. The van der Waals surface area contributed by atoms with Crippen molar-refractivity contribution in [1.29, 1.82) is 0 Å². The van der Waals surface area contributed by atoms with Crippen LogP contribution in [0.4, 0.5) is 0 Å². The molecule has 96 valence electrons. The molecule has 0 amide bonds. The number of hydrogen-bond acceptors (Lipinski definition) is 3. The third-order valence-corrected chi connectivity index (χ3v) is 2.86. The van der Waals surface area contributed by atoms with Crippen molar-refractivity contribution in [2.24, 2.45) is 0 Å². The second kappa shape index (κ2) is 6.21. The molecule has 0 bridgehead atoms. The van der Waals surface area contributed by atoms with E-state index in [0.29, 0.717) is 0 Å². The summed E-state index contributed by atoms with van der Waals surface area (Å²) >= 11 is 0. The minimum Gasteiger partial charge on any atom is -0.497 e. The predicted octanol–water partition coefficient (Wildman–Crippen LogP) is 1.85. The van der Waals surface area contributed by atoms with Gasteiger partial charge in [-0.2, -0.15) is 0 Å². The summed E-state index contributed by atoms with van der Waals surface area (Å²) < 4.78 is 7.26. The maximum Gasteiger partial charge on any atom is 0.118 e. The highest BCUT2D eigenvalue weighted by molar-refractivity contribution is 5.27. The molecule has 1 aromatic heterocycles. The molecule has 18 heavy (non-hydrogen) atoms. The fourth-order valence-electron chi connectivity index (χ4n) is 1.85. The lowest BCUT2D eigenvalue weighted by Crippen LogP contribution is -2.05. The summed E-state index contributed by atoms with van der Waals surface area (Å²) in [6.45, 7) is 1.76. The summed E-state index contributed by atoms with van der Waals surface area (Å²) in [7, 11) is 3.61. The van der Waals surface area contributed by atoms with E-state index in [-0.39, 0.29) is 0 Å². The Labute approximate surface area is 108 Å². The van der Waals surface area contributed by atoms with Crippen molar-refractivity contribution in [3.8, 4) is 5.75 Å². The Morgan fingerprint density at radius 3 is 2.72 bits per heavy atom. The fraction of sp³-hybridized carbons (Fsp3) is 0.357. The first kappa shape index (κ1) is 12.6. The molecule has 0 radical (unpaired) electrons. The number of rotatable bonds is 6. The standard InChI is InChI=1S/C14H19N3O/c1-15-9-13-10-17(11-16-13)8-7-12-3-5-14(18-2)6-4-12/h3-6,10-11,15H,7-9H2,1-2H3. The van der Waals surface area contributed by atoms with Crippen LogP contribution in [0.15, 0.2) is 36.8 Å². The van der Waals surface area contributed by atoms with E-state index in [0.717, 1.165) is 31.0 Å². The van der Waals surface area contributed by atoms with Crippen molar-refractivity contribution in [2.45, 2.75) is 19.5 Å². The van der Waals surface area contributed by atoms with Gasteiger partial charge in [-0.1, -0.05) is 12.1 Å². The van der Waals surface area contributed by atoms with Crippen LogP contribution in [0.1, 0.15) is 11.3 Å². The number of methoxy groups -OCH3 is 1. The van der Waals surface area contributed by atoms with Crippen LogP contribution in [-0.4, -0.2) is 23.7 Å². The molecular formula is C14H19N3O. The molecule has 1 heterocycles. The van der Waals surface area contributed by atoms with Gasteiger partial charge in [0.2, 0.25) is 0 Å². The van der Waals surface area contributed by atoms with Crippen molar-refractivity contribution in [3.05, 3.63) is 48.0 Å². The molecular weight excluding hydrogens is 226 g/mol. The van der Waals surface area contributed by atoms with E-state index in [9.17, 15) is 0 Å². The number of imidazole rings is 1. The van der Waals surface area contributed by atoms with Crippen LogP contribution < -0.4 is 10.1 Å². The van der Waals surface area contributed by atoms with Gasteiger partial charge in [-0.3, -0.25) is 0 Å². The third-order valence-electron chi connectivity index (χ3n) is 2.86. The van der Waals surface area contributed by atoms with Crippen molar-refractivity contribution in [1.82, 2.24) is 14.9 Å². The van der Waals surface area contributed by atoms with Crippen LogP contribution in [0.5, 0.6) is 5.75 Å². The first-order chi connectivity index (χ1) is 8.81. The molecule has 0 aliphatic carbocycles. The summed E-state index contributed by atoms with van der Waals surface area (Å²) in [5, 5.41) is 3.09. The normalized spacial score (nSPS) is 10.6. The van der Waals surface area contributed by atoms with Gasteiger partial charge in [0.1, 0.15) is 5.75 Å². The molecule has 0 aliphatic heterocycles. The molecule has 0 saturated heterocycles. The van der Waals surface area contributed by atoms with E-state index in [1.54, 1.807) is 7.11 Å². The Morgan fingerprint density at radius 2 is 2.06 bits per heavy atom. The lowest BCUT2D eigenvalue weighted by Gasteiger charge is -2.04. The number of aryl methyl sites for hydroxylation is 2. The van der Waals surface area contributed by atoms with Gasteiger partial charge in [-0.25, -0.2) is 4.98 Å². The van der Waals surface area contributed by atoms with Crippen molar-refractivity contribution in [2.75, 3.05) is 14.2 Å². The number of hydrogen-bond donors (Lipinski definition) is 1. The maximum absolute atomic E-state index is 5.14. The lowest BCUT2D eigenvalue weighted by molar-refractivity contribution is 0.414. The van der Waals surface area contributed by atoms with Gasteiger partial charge in [-0.05, 0) is 31.2 Å². The molecule has 0 spiro atoms. The zero-order valence-electron chi connectivity index (χ0n) is 10.9. The first-order valence-electron chi connectivity index (χ1n) is 6.10. The second-order valence-corrected chi connectivity index (χ2v) is 4.23. The van der Waals surface area contributed by atoms with Crippen LogP contribution in [0.2, 0.25) is 0 Å². The minimum absolute atomic E-state index is 0.815. The van der Waals surface area contributed by atoms with E-state index >= 15 is 0 Å². The third kappa shape index (κ3) is 3.34. The zero-order valence-corrected chi connectivity index (χ0v) is 10.9. The molecule has 4 heteroatoms. The van der Waals surface area contributed by atoms with E-state index in [1.807, 2.05) is 25.5 Å². The highest BCUT2D eigenvalue weighted by Crippen LogP contribution is 2.12. The van der Waals surface area contributed by atoms with Crippen LogP contribution >= 0.6 is 0 Å². The molecule has 2 rings (SSSR count). The average molecular weight is 245 g/mol. The number of ether oxygens (including phenoxy) is 1. The molecule has 4 nitrogen and oxygen atoms in total. The highest BCUT2D eigenvalue weighted by atomic mass is 16.5. The molecule has 2 aromatic rings. The molecule has 1 aromatic carbocycles. The SMILES string of the molecule is CNCc1cn(CCc2ccc(OC)cc2)cn1. The Kier molecular flexibility index (Phi) is 4.36. The van der Waals surface area contributed by atoms with Gasteiger partial charge in [-0.15, -0.1) is 0 Å². The zero-order chi connectivity index (χ0) is 12.8. The first-order valence-corrected chi connectivity index (χ1v) is 6.10. The molecule has 0 aliphatic rings. The van der Waals surface area contributed by atoms with Crippen LogP contribution in [-0.2, 0) is 19.5 Å². The van der Waals surface area contributed by atoms with Gasteiger partial charge in [0.25, 0.3) is 0 Å². The van der Waals surface area contributed by atoms with Gasteiger partial charge in [0, 0.05) is 19.3 Å². The second-order valence-electron chi connectivity index (χ2n) is 4.23. The topological polar surface area (TPSA) is 39.1 Å². The summed E-state index contributed by atoms with van der Waals surface area (Å²) in [5.74, 6) is 0.901. The molecule has 1 N–H and O–H groups in total. The largest absolute Gasteiger partial charge is 0.497 e. The average Bonchev–Trinajstić information content (AvgIpc) is 2.85. The molecule has 0 fully saturated rings. The molecule has 0 saturated carbocycles. The lowest BCUT2D eigenvalue weighted by atomic mass is 10.1. The smallest absolute Gasteiger partial charge is 0.118 e. The summed E-state index contributed by atoms with van der Waals surface area (Å²) in [5.41, 5.74) is 2.38. The Morgan fingerprint density at radius 1 is 1.28 bits per heavy atom. The number of nitrogens with one attached hydrogen (secondary N) is 1. The Bertz CT molecular complexity index is 476. The Balaban J connectivity index is 1.89. The van der Waals surface area contributed by atoms with Gasteiger partial charge >= 0.3 is 0 Å². The summed E-state index contributed by atoms with van der Waals surface area (Å²) in [6, 6.07) is 8.19. The van der Waals surface area contributed by atoms with Crippen molar-refractivity contribution >= 4 is 0 Å².